The molecule has 0 aliphatic carbocycles. The van der Waals surface area contributed by atoms with Crippen molar-refractivity contribution in [1.82, 2.24) is 20.0 Å². The number of hydrogen-bond donors (Lipinski definition) is 0. The lowest BCUT2D eigenvalue weighted by Gasteiger charge is -2.06. The maximum atomic E-state index is 12.9. The van der Waals surface area contributed by atoms with Gasteiger partial charge in [-0.3, -0.25) is 4.68 Å². The molecule has 2 aromatic carbocycles. The Bertz CT molecular complexity index is 1090. The van der Waals surface area contributed by atoms with Crippen molar-refractivity contribution in [2.24, 2.45) is 0 Å². The van der Waals surface area contributed by atoms with E-state index in [1.165, 1.54) is 17.7 Å². The highest BCUT2D eigenvalue weighted by Crippen LogP contribution is 2.16. The first-order valence-corrected chi connectivity index (χ1v) is 10.2. The first-order chi connectivity index (χ1) is 15.2. The van der Waals surface area contributed by atoms with E-state index in [1.807, 2.05) is 29.1 Å². The molecule has 0 N–H and O–H groups in total. The highest BCUT2D eigenvalue weighted by Gasteiger charge is 2.03. The number of oxazole rings is 1. The Morgan fingerprint density at radius 3 is 2.61 bits per heavy atom. The lowest BCUT2D eigenvalue weighted by atomic mass is 10.1. The number of benzene rings is 2. The van der Waals surface area contributed by atoms with Gasteiger partial charge in [0.1, 0.15) is 30.1 Å². The SMILES string of the molecule is Fc1ccc(C=Cc2nc(COc3ccc(CCCCn4ccnn4)cc3)co2)cc1. The highest BCUT2D eigenvalue weighted by molar-refractivity contribution is 5.65. The third kappa shape index (κ3) is 6.37. The molecule has 158 valence electrons. The van der Waals surface area contributed by atoms with E-state index < -0.39 is 0 Å². The Morgan fingerprint density at radius 1 is 1.00 bits per heavy atom. The minimum Gasteiger partial charge on any atom is -0.487 e. The van der Waals surface area contributed by atoms with E-state index in [1.54, 1.807) is 30.7 Å². The Balaban J connectivity index is 1.20. The van der Waals surface area contributed by atoms with Crippen LogP contribution in [-0.2, 0) is 19.6 Å². The molecule has 4 rings (SSSR count). The van der Waals surface area contributed by atoms with Crippen LogP contribution in [0.2, 0.25) is 0 Å². The zero-order chi connectivity index (χ0) is 21.3. The normalized spacial score (nSPS) is 11.3. The third-order valence-electron chi connectivity index (χ3n) is 4.74. The van der Waals surface area contributed by atoms with Crippen molar-refractivity contribution in [1.29, 1.82) is 0 Å². The molecule has 0 saturated heterocycles. The molecule has 0 radical (unpaired) electrons. The highest BCUT2D eigenvalue weighted by atomic mass is 19.1. The van der Waals surface area contributed by atoms with E-state index in [9.17, 15) is 4.39 Å². The summed E-state index contributed by atoms with van der Waals surface area (Å²) >= 11 is 0. The van der Waals surface area contributed by atoms with Crippen LogP contribution in [0.1, 0.15) is 35.6 Å². The summed E-state index contributed by atoms with van der Waals surface area (Å²) in [7, 11) is 0. The Hall–Kier alpha value is -3.74. The van der Waals surface area contributed by atoms with Crippen LogP contribution in [0.4, 0.5) is 4.39 Å². The van der Waals surface area contributed by atoms with Gasteiger partial charge in [-0.05, 0) is 60.7 Å². The largest absolute Gasteiger partial charge is 0.487 e. The van der Waals surface area contributed by atoms with Crippen LogP contribution in [0.3, 0.4) is 0 Å². The summed E-state index contributed by atoms with van der Waals surface area (Å²) in [5.41, 5.74) is 2.85. The summed E-state index contributed by atoms with van der Waals surface area (Å²) in [6.45, 7) is 1.21. The van der Waals surface area contributed by atoms with Crippen molar-refractivity contribution in [3.63, 3.8) is 0 Å². The molecule has 0 fully saturated rings. The van der Waals surface area contributed by atoms with Crippen molar-refractivity contribution in [3.8, 4) is 5.75 Å². The van der Waals surface area contributed by atoms with Gasteiger partial charge in [-0.25, -0.2) is 9.37 Å². The summed E-state index contributed by atoms with van der Waals surface area (Å²) in [4.78, 5) is 4.38. The lowest BCUT2D eigenvalue weighted by molar-refractivity contribution is 0.301. The number of aryl methyl sites for hydroxylation is 2. The van der Waals surface area contributed by atoms with E-state index in [0.717, 1.165) is 37.1 Å². The maximum Gasteiger partial charge on any atom is 0.218 e. The van der Waals surface area contributed by atoms with Crippen LogP contribution in [0, 0.1) is 5.82 Å². The molecule has 31 heavy (non-hydrogen) atoms. The van der Waals surface area contributed by atoms with Crippen molar-refractivity contribution in [3.05, 3.63) is 95.7 Å². The molecule has 0 spiro atoms. The zero-order valence-corrected chi connectivity index (χ0v) is 17.0. The molecule has 2 aromatic heterocycles. The van der Waals surface area contributed by atoms with Gasteiger partial charge in [-0.2, -0.15) is 0 Å². The number of halogens is 1. The molecule has 6 nitrogen and oxygen atoms in total. The van der Waals surface area contributed by atoms with E-state index in [0.29, 0.717) is 18.2 Å². The molecule has 0 bridgehead atoms. The van der Waals surface area contributed by atoms with Crippen LogP contribution < -0.4 is 4.74 Å². The molecule has 0 aliphatic rings. The molecular formula is C24H23FN4O2. The average molecular weight is 418 g/mol. The molecular weight excluding hydrogens is 395 g/mol. The zero-order valence-electron chi connectivity index (χ0n) is 17.0. The fraction of sp³-hybridized carbons (Fsp3) is 0.208. The van der Waals surface area contributed by atoms with Crippen LogP contribution in [-0.4, -0.2) is 20.0 Å². The van der Waals surface area contributed by atoms with Gasteiger partial charge < -0.3 is 9.15 Å². The van der Waals surface area contributed by atoms with Gasteiger partial charge in [0.2, 0.25) is 5.89 Å². The number of unbranched alkanes of at least 4 members (excludes halogenated alkanes) is 1. The minimum absolute atomic E-state index is 0.260. The molecule has 0 amide bonds. The Kier molecular flexibility index (Phi) is 6.85. The second-order valence-corrected chi connectivity index (χ2v) is 7.12. The van der Waals surface area contributed by atoms with Crippen molar-refractivity contribution >= 4 is 12.2 Å². The molecule has 7 heteroatoms. The van der Waals surface area contributed by atoms with Gasteiger partial charge in [0.05, 0.1) is 6.20 Å². The van der Waals surface area contributed by atoms with Gasteiger partial charge in [0.25, 0.3) is 0 Å². The Labute approximate surface area is 180 Å². The first kappa shape index (κ1) is 20.5. The summed E-state index contributed by atoms with van der Waals surface area (Å²) in [6.07, 6.45) is 11.9. The minimum atomic E-state index is -0.260. The smallest absolute Gasteiger partial charge is 0.218 e. The summed E-state index contributed by atoms with van der Waals surface area (Å²) in [5, 5.41) is 7.78. The lowest BCUT2D eigenvalue weighted by Crippen LogP contribution is -1.99. The first-order valence-electron chi connectivity index (χ1n) is 10.2. The van der Waals surface area contributed by atoms with Gasteiger partial charge in [-0.15, -0.1) is 5.10 Å². The van der Waals surface area contributed by atoms with Crippen LogP contribution in [0.5, 0.6) is 5.75 Å². The maximum absolute atomic E-state index is 12.9. The van der Waals surface area contributed by atoms with E-state index >= 15 is 0 Å². The third-order valence-corrected chi connectivity index (χ3v) is 4.74. The molecule has 0 atom stereocenters. The fourth-order valence-corrected chi connectivity index (χ4v) is 3.07. The van der Waals surface area contributed by atoms with Crippen LogP contribution >= 0.6 is 0 Å². The quantitative estimate of drug-likeness (QED) is 0.332. The fourth-order valence-electron chi connectivity index (χ4n) is 3.07. The van der Waals surface area contributed by atoms with E-state index in [2.05, 4.69) is 27.4 Å². The van der Waals surface area contributed by atoms with Gasteiger partial charge >= 0.3 is 0 Å². The van der Waals surface area contributed by atoms with Gasteiger partial charge in [0.15, 0.2) is 0 Å². The Morgan fingerprint density at radius 2 is 1.84 bits per heavy atom. The molecule has 0 aliphatic heterocycles. The predicted molar refractivity (Wildman–Crippen MR) is 116 cm³/mol. The molecule has 0 unspecified atom stereocenters. The number of hydrogen-bond acceptors (Lipinski definition) is 5. The molecule has 4 aromatic rings. The number of nitrogens with zero attached hydrogens (tertiary/aromatic N) is 4. The van der Waals surface area contributed by atoms with Crippen molar-refractivity contribution in [2.75, 3.05) is 0 Å². The second-order valence-electron chi connectivity index (χ2n) is 7.12. The van der Waals surface area contributed by atoms with Crippen molar-refractivity contribution in [2.45, 2.75) is 32.4 Å². The molecule has 2 heterocycles. The van der Waals surface area contributed by atoms with Crippen LogP contribution in [0.25, 0.3) is 12.2 Å². The number of rotatable bonds is 10. The predicted octanol–water partition coefficient (Wildman–Crippen LogP) is 5.18. The topological polar surface area (TPSA) is 66.0 Å². The summed E-state index contributed by atoms with van der Waals surface area (Å²) in [6, 6.07) is 14.3. The second kappa shape index (κ2) is 10.3. The standard InChI is InChI=1S/C24H23FN4O2/c25-21-9-4-20(5-10-21)8-13-24-27-22(18-31-24)17-30-23-11-6-19(7-12-23)3-1-2-15-29-16-14-26-28-29/h4-14,16,18H,1-3,15,17H2. The van der Waals surface area contributed by atoms with Crippen LogP contribution in [0.15, 0.2) is 71.6 Å². The monoisotopic (exact) mass is 418 g/mol. The average Bonchev–Trinajstić information content (AvgIpc) is 3.48. The number of ether oxygens (including phenoxy) is 1. The number of aromatic nitrogens is 4. The van der Waals surface area contributed by atoms with Crippen molar-refractivity contribution < 1.29 is 13.5 Å². The summed E-state index contributed by atoms with van der Waals surface area (Å²) < 4.78 is 26.0. The molecule has 0 saturated carbocycles. The van der Waals surface area contributed by atoms with E-state index in [-0.39, 0.29) is 5.82 Å². The van der Waals surface area contributed by atoms with E-state index in [4.69, 9.17) is 9.15 Å². The van der Waals surface area contributed by atoms with Gasteiger partial charge in [-0.1, -0.05) is 29.5 Å². The summed E-state index contributed by atoms with van der Waals surface area (Å²) in [5.74, 6) is 1.01. The van der Waals surface area contributed by atoms with Gasteiger partial charge in [0, 0.05) is 18.8 Å².